The van der Waals surface area contributed by atoms with Gasteiger partial charge in [-0.05, 0) is 63.3 Å². The van der Waals surface area contributed by atoms with Crippen molar-refractivity contribution in [1.82, 2.24) is 26.2 Å². The molecule has 39 heavy (non-hydrogen) atoms. The predicted molar refractivity (Wildman–Crippen MR) is 145 cm³/mol. The lowest BCUT2D eigenvalue weighted by Crippen LogP contribution is -2.53. The summed E-state index contributed by atoms with van der Waals surface area (Å²) in [7, 11) is 3.94. The Labute approximate surface area is 228 Å². The Hall–Kier alpha value is -4.12. The van der Waals surface area contributed by atoms with E-state index in [4.69, 9.17) is 4.74 Å². The number of carbonyl (C=O) groups excluding carboxylic acids is 4. The van der Waals surface area contributed by atoms with Gasteiger partial charge in [0.05, 0.1) is 18.5 Å². The lowest BCUT2D eigenvalue weighted by molar-refractivity contribution is -0.131. The van der Waals surface area contributed by atoms with Crippen molar-refractivity contribution in [2.24, 2.45) is 0 Å². The molecule has 1 heterocycles. The van der Waals surface area contributed by atoms with Crippen LogP contribution in [0.4, 0.5) is 0 Å². The number of unbranched alkanes of at least 4 members (excludes halogenated alkanes) is 1. The van der Waals surface area contributed by atoms with E-state index in [1.165, 1.54) is 12.1 Å². The summed E-state index contributed by atoms with van der Waals surface area (Å²) in [5.41, 5.74) is 0.940. The van der Waals surface area contributed by atoms with E-state index in [0.717, 1.165) is 24.9 Å². The van der Waals surface area contributed by atoms with Crippen LogP contribution in [-0.4, -0.2) is 86.1 Å². The highest BCUT2D eigenvalue weighted by atomic mass is 16.5. The molecule has 11 nitrogen and oxygen atoms in total. The van der Waals surface area contributed by atoms with Gasteiger partial charge in [-0.2, -0.15) is 0 Å². The molecule has 0 saturated heterocycles. The number of phenols is 1. The predicted octanol–water partition coefficient (Wildman–Crippen LogP) is 0.575. The largest absolute Gasteiger partial charge is 0.508 e. The molecule has 4 amide bonds. The van der Waals surface area contributed by atoms with Crippen molar-refractivity contribution in [2.45, 2.75) is 37.8 Å². The molecule has 2 atom stereocenters. The van der Waals surface area contributed by atoms with E-state index in [0.29, 0.717) is 12.3 Å². The molecule has 3 rings (SSSR count). The number of hydrogen-bond acceptors (Lipinski definition) is 7. The van der Waals surface area contributed by atoms with Crippen LogP contribution in [0.25, 0.3) is 0 Å². The molecule has 0 unspecified atom stereocenters. The van der Waals surface area contributed by atoms with E-state index in [9.17, 15) is 24.3 Å². The Morgan fingerprint density at radius 2 is 1.79 bits per heavy atom. The van der Waals surface area contributed by atoms with Crippen LogP contribution in [0.1, 0.15) is 35.2 Å². The summed E-state index contributed by atoms with van der Waals surface area (Å²) < 4.78 is 5.75. The number of rotatable bonds is 8. The number of benzene rings is 2. The van der Waals surface area contributed by atoms with Crippen LogP contribution in [0.5, 0.6) is 11.5 Å². The van der Waals surface area contributed by atoms with Crippen molar-refractivity contribution >= 4 is 23.6 Å². The van der Waals surface area contributed by atoms with Gasteiger partial charge in [0, 0.05) is 13.0 Å². The number of carbonyl (C=O) groups is 4. The quantitative estimate of drug-likeness (QED) is 0.308. The van der Waals surface area contributed by atoms with Gasteiger partial charge in [0.2, 0.25) is 17.7 Å². The Balaban J connectivity index is 1.79. The zero-order chi connectivity index (χ0) is 28.2. The summed E-state index contributed by atoms with van der Waals surface area (Å²) in [4.78, 5) is 54.3. The number of phenolic OH excluding ortho intramolecular Hbond substituents is 1. The van der Waals surface area contributed by atoms with Gasteiger partial charge in [-0.1, -0.05) is 24.3 Å². The number of nitrogens with one attached hydrogen (secondary N) is 4. The molecule has 0 fully saturated rings. The highest BCUT2D eigenvalue weighted by Gasteiger charge is 2.28. The van der Waals surface area contributed by atoms with Crippen LogP contribution in [0.15, 0.2) is 48.5 Å². The van der Waals surface area contributed by atoms with Gasteiger partial charge in [0.25, 0.3) is 5.91 Å². The molecule has 2 aromatic rings. The van der Waals surface area contributed by atoms with Gasteiger partial charge in [0.15, 0.2) is 0 Å². The second-order valence-corrected chi connectivity index (χ2v) is 9.66. The van der Waals surface area contributed by atoms with Gasteiger partial charge in [-0.3, -0.25) is 19.2 Å². The molecule has 1 aliphatic heterocycles. The summed E-state index contributed by atoms with van der Waals surface area (Å²) in [6.07, 6.45) is 1.42. The number of nitrogens with zero attached hydrogens (tertiary/aromatic N) is 1. The Kier molecular flexibility index (Phi) is 11.1. The molecule has 2 aromatic carbocycles. The smallest absolute Gasteiger partial charge is 0.255 e. The Morgan fingerprint density at radius 1 is 1.05 bits per heavy atom. The van der Waals surface area contributed by atoms with E-state index in [1.807, 2.05) is 19.0 Å². The molecule has 0 saturated carbocycles. The van der Waals surface area contributed by atoms with Crippen LogP contribution in [0, 0.1) is 0 Å². The molecule has 0 spiro atoms. The molecule has 210 valence electrons. The number of fused-ring (bicyclic) bond motifs is 1. The van der Waals surface area contributed by atoms with Crippen molar-refractivity contribution in [3.8, 4) is 11.5 Å². The summed E-state index contributed by atoms with van der Waals surface area (Å²) in [6.45, 7) is 1.51. The maximum atomic E-state index is 13.1. The normalized spacial score (nSPS) is 18.6. The monoisotopic (exact) mass is 539 g/mol. The Bertz CT molecular complexity index is 1140. The van der Waals surface area contributed by atoms with E-state index in [1.54, 1.807) is 36.4 Å². The second kappa shape index (κ2) is 14.7. The van der Waals surface area contributed by atoms with Gasteiger partial charge in [-0.15, -0.1) is 0 Å². The van der Waals surface area contributed by atoms with E-state index in [-0.39, 0.29) is 37.3 Å². The standard InChI is InChI=1S/C28H37N5O6/c1-33(2)15-6-5-13-29-28(38)23-18-25(35)31-22(17-19-9-11-20(34)12-10-19)27(37)30-14-16-39-24-8-4-3-7-21(24)26(36)32-23/h3-4,7-12,22-23,34H,5-6,13-18H2,1-2H3,(H,29,38)(H,30,37)(H,31,35)(H,32,36)/t22-,23-/m0/s1. The minimum Gasteiger partial charge on any atom is -0.508 e. The van der Waals surface area contributed by atoms with Gasteiger partial charge in [-0.25, -0.2) is 0 Å². The van der Waals surface area contributed by atoms with Crippen LogP contribution in [0.3, 0.4) is 0 Å². The third-order valence-corrected chi connectivity index (χ3v) is 6.16. The fourth-order valence-electron chi connectivity index (χ4n) is 4.09. The topological polar surface area (TPSA) is 149 Å². The van der Waals surface area contributed by atoms with Crippen molar-refractivity contribution < 1.29 is 29.0 Å². The highest BCUT2D eigenvalue weighted by Crippen LogP contribution is 2.18. The maximum absolute atomic E-state index is 13.1. The van der Waals surface area contributed by atoms with E-state index < -0.39 is 35.7 Å². The average molecular weight is 540 g/mol. The summed E-state index contributed by atoms with van der Waals surface area (Å²) in [6, 6.07) is 10.8. The van der Waals surface area contributed by atoms with Crippen molar-refractivity contribution in [3.05, 3.63) is 59.7 Å². The molecular formula is C28H37N5O6. The first-order valence-corrected chi connectivity index (χ1v) is 13.0. The highest BCUT2D eigenvalue weighted by molar-refractivity contribution is 6.01. The van der Waals surface area contributed by atoms with Crippen LogP contribution < -0.4 is 26.0 Å². The first-order chi connectivity index (χ1) is 18.7. The fraction of sp³-hybridized carbons (Fsp3) is 0.429. The molecule has 11 heteroatoms. The Morgan fingerprint density at radius 3 is 2.54 bits per heavy atom. The lowest BCUT2D eigenvalue weighted by Gasteiger charge is -2.23. The summed E-state index contributed by atoms with van der Waals surface area (Å²) in [5.74, 6) is -1.64. The third-order valence-electron chi connectivity index (χ3n) is 6.16. The van der Waals surface area contributed by atoms with E-state index in [2.05, 4.69) is 21.3 Å². The maximum Gasteiger partial charge on any atom is 0.255 e. The molecular weight excluding hydrogens is 502 g/mol. The zero-order valence-corrected chi connectivity index (χ0v) is 22.4. The summed E-state index contributed by atoms with van der Waals surface area (Å²) in [5, 5.41) is 20.5. The molecule has 0 aromatic heterocycles. The minimum atomic E-state index is -1.17. The van der Waals surface area contributed by atoms with Crippen molar-refractivity contribution in [1.29, 1.82) is 0 Å². The van der Waals surface area contributed by atoms with Crippen molar-refractivity contribution in [2.75, 3.05) is 40.3 Å². The summed E-state index contributed by atoms with van der Waals surface area (Å²) >= 11 is 0. The molecule has 5 N–H and O–H groups in total. The second-order valence-electron chi connectivity index (χ2n) is 9.66. The van der Waals surface area contributed by atoms with Crippen LogP contribution in [-0.2, 0) is 20.8 Å². The van der Waals surface area contributed by atoms with E-state index >= 15 is 0 Å². The average Bonchev–Trinajstić information content (AvgIpc) is 2.90. The van der Waals surface area contributed by atoms with Gasteiger partial charge in [0.1, 0.15) is 30.2 Å². The molecule has 1 aliphatic rings. The first-order valence-electron chi connectivity index (χ1n) is 13.0. The third kappa shape index (κ3) is 9.60. The number of amides is 4. The SMILES string of the molecule is CN(C)CCCCNC(=O)[C@@H]1CC(=O)N[C@@H](Cc2ccc(O)cc2)C(=O)NCCOc2ccccc2C(=O)N1. The van der Waals surface area contributed by atoms with Gasteiger partial charge < -0.3 is 36.0 Å². The molecule has 0 radical (unpaired) electrons. The fourth-order valence-corrected chi connectivity index (χ4v) is 4.09. The van der Waals surface area contributed by atoms with Gasteiger partial charge >= 0.3 is 0 Å². The number of hydrogen-bond donors (Lipinski definition) is 5. The first kappa shape index (κ1) is 29.4. The minimum absolute atomic E-state index is 0.0852. The molecule has 0 bridgehead atoms. The lowest BCUT2D eigenvalue weighted by atomic mass is 10.0. The number of aromatic hydroxyl groups is 1. The zero-order valence-electron chi connectivity index (χ0n) is 22.4. The van der Waals surface area contributed by atoms with Crippen LogP contribution >= 0.6 is 0 Å². The van der Waals surface area contributed by atoms with Crippen molar-refractivity contribution in [3.63, 3.8) is 0 Å². The van der Waals surface area contributed by atoms with Crippen LogP contribution in [0.2, 0.25) is 0 Å². The number of ether oxygens (including phenoxy) is 1. The molecule has 0 aliphatic carbocycles. The number of para-hydroxylation sites is 1.